The summed E-state index contributed by atoms with van der Waals surface area (Å²) >= 11 is 3.57. The molecule has 0 aliphatic carbocycles. The fourth-order valence-electron chi connectivity index (χ4n) is 2.39. The second-order valence-corrected chi connectivity index (χ2v) is 5.88. The van der Waals surface area contributed by atoms with Gasteiger partial charge in [-0.2, -0.15) is 0 Å². The van der Waals surface area contributed by atoms with Gasteiger partial charge in [0.1, 0.15) is 0 Å². The van der Waals surface area contributed by atoms with Crippen LogP contribution in [-0.2, 0) is 6.54 Å². The summed E-state index contributed by atoms with van der Waals surface area (Å²) in [5.41, 5.74) is 3.17. The maximum absolute atomic E-state index is 4.61. The number of imidazole rings is 1. The average molecular weight is 345 g/mol. The molecule has 0 fully saturated rings. The number of para-hydroxylation sites is 1. The van der Waals surface area contributed by atoms with Crippen LogP contribution in [0.2, 0.25) is 0 Å². The summed E-state index contributed by atoms with van der Waals surface area (Å²) in [4.78, 5) is 8.66. The predicted octanol–water partition coefficient (Wildman–Crippen LogP) is 4.00. The smallest absolute Gasteiger partial charge is 0.0945 e. The highest BCUT2D eigenvalue weighted by Gasteiger charge is 2.06. The number of hydrogen-bond acceptors (Lipinski definition) is 3. The van der Waals surface area contributed by atoms with Crippen molar-refractivity contribution in [3.63, 3.8) is 0 Å². The molecule has 2 heterocycles. The Morgan fingerprint density at radius 3 is 3.05 bits per heavy atom. The number of nitrogens with zero attached hydrogens (tertiary/aromatic N) is 3. The van der Waals surface area contributed by atoms with E-state index in [0.717, 1.165) is 46.3 Å². The zero-order chi connectivity index (χ0) is 14.7. The van der Waals surface area contributed by atoms with Crippen LogP contribution in [0.3, 0.4) is 0 Å². The van der Waals surface area contributed by atoms with Crippen LogP contribution in [0.15, 0.2) is 47.5 Å². The van der Waals surface area contributed by atoms with Crippen molar-refractivity contribution in [1.82, 2.24) is 14.5 Å². The third-order valence-corrected chi connectivity index (χ3v) is 4.03. The predicted molar refractivity (Wildman–Crippen MR) is 89.5 cm³/mol. The van der Waals surface area contributed by atoms with Gasteiger partial charge in [0, 0.05) is 46.7 Å². The molecule has 1 aromatic carbocycles. The molecule has 2 aromatic heterocycles. The Labute approximate surface area is 132 Å². The second kappa shape index (κ2) is 6.26. The third kappa shape index (κ3) is 3.24. The number of halogens is 1. The molecule has 0 saturated carbocycles. The Balaban J connectivity index is 1.73. The minimum absolute atomic E-state index is 0.920. The van der Waals surface area contributed by atoms with Crippen molar-refractivity contribution < 1.29 is 0 Å². The number of anilines is 1. The summed E-state index contributed by atoms with van der Waals surface area (Å²) in [6.07, 6.45) is 6.70. The van der Waals surface area contributed by atoms with Gasteiger partial charge in [0.15, 0.2) is 0 Å². The Kier molecular flexibility index (Phi) is 4.20. The zero-order valence-electron chi connectivity index (χ0n) is 11.9. The molecule has 0 saturated heterocycles. The maximum Gasteiger partial charge on any atom is 0.0945 e. The first-order chi connectivity index (χ1) is 10.2. The number of pyridine rings is 1. The second-order valence-electron chi connectivity index (χ2n) is 5.03. The van der Waals surface area contributed by atoms with Gasteiger partial charge < -0.3 is 9.88 Å². The van der Waals surface area contributed by atoms with Gasteiger partial charge in [-0.3, -0.25) is 4.98 Å². The van der Waals surface area contributed by atoms with Gasteiger partial charge in [0.25, 0.3) is 0 Å². The molecule has 0 spiro atoms. The summed E-state index contributed by atoms with van der Waals surface area (Å²) in [7, 11) is 0. The Bertz CT molecular complexity index is 737. The lowest BCUT2D eigenvalue weighted by Gasteiger charge is -2.11. The van der Waals surface area contributed by atoms with Gasteiger partial charge in [0.05, 0.1) is 11.8 Å². The topological polar surface area (TPSA) is 42.7 Å². The van der Waals surface area contributed by atoms with Crippen LogP contribution in [0.4, 0.5) is 5.69 Å². The van der Waals surface area contributed by atoms with Crippen molar-refractivity contribution in [3.8, 4) is 0 Å². The molecule has 0 atom stereocenters. The highest BCUT2D eigenvalue weighted by molar-refractivity contribution is 9.10. The first kappa shape index (κ1) is 14.1. The van der Waals surface area contributed by atoms with Crippen LogP contribution >= 0.6 is 15.9 Å². The van der Waals surface area contributed by atoms with Crippen molar-refractivity contribution in [2.24, 2.45) is 0 Å². The van der Waals surface area contributed by atoms with Crippen molar-refractivity contribution >= 4 is 32.5 Å². The number of aryl methyl sites for hydroxylation is 2. The number of nitrogens with one attached hydrogen (secondary N) is 1. The van der Waals surface area contributed by atoms with Crippen molar-refractivity contribution in [3.05, 3.63) is 53.2 Å². The van der Waals surface area contributed by atoms with Crippen LogP contribution < -0.4 is 5.32 Å². The van der Waals surface area contributed by atoms with Gasteiger partial charge >= 0.3 is 0 Å². The van der Waals surface area contributed by atoms with Crippen LogP contribution in [0.1, 0.15) is 12.1 Å². The average Bonchev–Trinajstić information content (AvgIpc) is 2.98. The molecule has 4 nitrogen and oxygen atoms in total. The number of benzene rings is 1. The lowest BCUT2D eigenvalue weighted by molar-refractivity contribution is 0.661. The molecule has 3 rings (SSSR count). The standard InChI is InChI=1S/C16H17BrN4/c1-12-10-15(13-4-2-5-14(17)16(13)20-12)19-6-3-8-21-9-7-18-11-21/h2,4-5,7,9-11H,3,6,8H2,1H3,(H,19,20). The molecule has 0 bridgehead atoms. The van der Waals surface area contributed by atoms with Gasteiger partial charge in [-0.05, 0) is 41.4 Å². The number of hydrogen-bond donors (Lipinski definition) is 1. The van der Waals surface area contributed by atoms with E-state index in [1.54, 1.807) is 0 Å². The van der Waals surface area contributed by atoms with E-state index in [0.29, 0.717) is 0 Å². The minimum Gasteiger partial charge on any atom is -0.384 e. The first-order valence-electron chi connectivity index (χ1n) is 6.99. The molecule has 1 N–H and O–H groups in total. The van der Waals surface area contributed by atoms with Crippen LogP contribution in [-0.4, -0.2) is 21.1 Å². The van der Waals surface area contributed by atoms with E-state index in [2.05, 4.69) is 47.9 Å². The van der Waals surface area contributed by atoms with Crippen LogP contribution in [0, 0.1) is 6.92 Å². The Hall–Kier alpha value is -1.88. The Morgan fingerprint density at radius 2 is 2.24 bits per heavy atom. The van der Waals surface area contributed by atoms with E-state index in [1.807, 2.05) is 37.8 Å². The minimum atomic E-state index is 0.920. The van der Waals surface area contributed by atoms with E-state index in [1.165, 1.54) is 0 Å². The maximum atomic E-state index is 4.61. The highest BCUT2D eigenvalue weighted by Crippen LogP contribution is 2.28. The third-order valence-electron chi connectivity index (χ3n) is 3.39. The fourth-order valence-corrected chi connectivity index (χ4v) is 2.85. The fraction of sp³-hybridized carbons (Fsp3) is 0.250. The normalized spacial score (nSPS) is 11.0. The van der Waals surface area contributed by atoms with Gasteiger partial charge in [-0.25, -0.2) is 4.98 Å². The molecule has 5 heteroatoms. The SMILES string of the molecule is Cc1cc(NCCCn2ccnc2)c2cccc(Br)c2n1. The zero-order valence-corrected chi connectivity index (χ0v) is 13.5. The van der Waals surface area contributed by atoms with Crippen molar-refractivity contribution in [1.29, 1.82) is 0 Å². The first-order valence-corrected chi connectivity index (χ1v) is 7.79. The number of fused-ring (bicyclic) bond motifs is 1. The van der Waals surface area contributed by atoms with Crippen LogP contribution in [0.25, 0.3) is 10.9 Å². The Morgan fingerprint density at radius 1 is 1.33 bits per heavy atom. The van der Waals surface area contributed by atoms with E-state index < -0.39 is 0 Å². The molecule has 0 aliphatic heterocycles. The summed E-state index contributed by atoms with van der Waals surface area (Å²) < 4.78 is 3.12. The summed E-state index contributed by atoms with van der Waals surface area (Å²) in [5, 5.41) is 4.67. The molecular weight excluding hydrogens is 328 g/mol. The van der Waals surface area contributed by atoms with Crippen molar-refractivity contribution in [2.75, 3.05) is 11.9 Å². The van der Waals surface area contributed by atoms with E-state index in [9.17, 15) is 0 Å². The van der Waals surface area contributed by atoms with E-state index in [4.69, 9.17) is 0 Å². The molecule has 0 unspecified atom stereocenters. The summed E-state index contributed by atoms with van der Waals surface area (Å²) in [5.74, 6) is 0. The lowest BCUT2D eigenvalue weighted by atomic mass is 10.1. The molecular formula is C16H17BrN4. The molecule has 0 aliphatic rings. The highest BCUT2D eigenvalue weighted by atomic mass is 79.9. The summed E-state index contributed by atoms with van der Waals surface area (Å²) in [6.45, 7) is 3.91. The lowest BCUT2D eigenvalue weighted by Crippen LogP contribution is -2.06. The molecule has 0 radical (unpaired) electrons. The van der Waals surface area contributed by atoms with E-state index >= 15 is 0 Å². The van der Waals surface area contributed by atoms with E-state index in [-0.39, 0.29) is 0 Å². The molecule has 108 valence electrons. The molecule has 3 aromatic rings. The largest absolute Gasteiger partial charge is 0.384 e. The number of rotatable bonds is 5. The monoisotopic (exact) mass is 344 g/mol. The van der Waals surface area contributed by atoms with Crippen molar-refractivity contribution in [2.45, 2.75) is 19.9 Å². The molecule has 0 amide bonds. The van der Waals surface area contributed by atoms with Gasteiger partial charge in [-0.1, -0.05) is 12.1 Å². The quantitative estimate of drug-likeness (QED) is 0.711. The molecule has 21 heavy (non-hydrogen) atoms. The number of aromatic nitrogens is 3. The van der Waals surface area contributed by atoms with Crippen LogP contribution in [0.5, 0.6) is 0 Å². The van der Waals surface area contributed by atoms with Gasteiger partial charge in [0.2, 0.25) is 0 Å². The van der Waals surface area contributed by atoms with Gasteiger partial charge in [-0.15, -0.1) is 0 Å². The summed E-state index contributed by atoms with van der Waals surface area (Å²) in [6, 6.07) is 8.27.